The summed E-state index contributed by atoms with van der Waals surface area (Å²) in [6, 6.07) is 33.1. The fourth-order valence-electron chi connectivity index (χ4n) is 3.51. The Hall–Kier alpha value is -4.69. The molecule has 3 N–H and O–H groups in total. The van der Waals surface area contributed by atoms with Crippen molar-refractivity contribution in [2.24, 2.45) is 0 Å². The highest BCUT2D eigenvalue weighted by molar-refractivity contribution is 7.80. The van der Waals surface area contributed by atoms with Gasteiger partial charge in [0.15, 0.2) is 11.7 Å². The van der Waals surface area contributed by atoms with Gasteiger partial charge < -0.3 is 20.1 Å². The highest BCUT2D eigenvalue weighted by atomic mass is 32.1. The minimum absolute atomic E-state index is 0.118. The average Bonchev–Trinajstić information content (AvgIpc) is 2.93. The van der Waals surface area contributed by atoms with Crippen LogP contribution in [-0.4, -0.2) is 30.1 Å². The normalized spacial score (nSPS) is 10.2. The molecule has 4 rings (SSSR count). The number of hydrogen-bond acceptors (Lipinski definition) is 5. The van der Waals surface area contributed by atoms with Gasteiger partial charge in [-0.25, -0.2) is 0 Å². The van der Waals surface area contributed by atoms with E-state index in [1.807, 2.05) is 36.4 Å². The number of rotatable bonds is 10. The Morgan fingerprint density at radius 3 is 2.03 bits per heavy atom. The average molecular weight is 526 g/mol. The number of para-hydroxylation sites is 1. The van der Waals surface area contributed by atoms with Crippen LogP contribution in [0.15, 0.2) is 109 Å². The van der Waals surface area contributed by atoms with Crippen molar-refractivity contribution >= 4 is 40.5 Å². The quantitative estimate of drug-likeness (QED) is 0.239. The summed E-state index contributed by atoms with van der Waals surface area (Å²) in [6.45, 7) is 0.427. The highest BCUT2D eigenvalue weighted by Crippen LogP contribution is 2.16. The lowest BCUT2D eigenvalue weighted by Crippen LogP contribution is -2.34. The van der Waals surface area contributed by atoms with Gasteiger partial charge >= 0.3 is 0 Å². The second-order valence-corrected chi connectivity index (χ2v) is 8.66. The van der Waals surface area contributed by atoms with Crippen LogP contribution in [0.2, 0.25) is 0 Å². The van der Waals surface area contributed by atoms with Crippen LogP contribution in [0.1, 0.15) is 15.9 Å². The van der Waals surface area contributed by atoms with Crippen LogP contribution in [0.25, 0.3) is 0 Å². The van der Waals surface area contributed by atoms with Gasteiger partial charge in [0.25, 0.3) is 11.8 Å². The predicted octanol–water partition coefficient (Wildman–Crippen LogP) is 5.45. The molecule has 2 amide bonds. The van der Waals surface area contributed by atoms with E-state index in [0.29, 0.717) is 35.0 Å². The van der Waals surface area contributed by atoms with Crippen LogP contribution < -0.4 is 25.4 Å². The Kier molecular flexibility index (Phi) is 9.42. The first-order valence-corrected chi connectivity index (χ1v) is 12.4. The Balaban J connectivity index is 1.22. The largest absolute Gasteiger partial charge is 0.493 e. The molecule has 0 heterocycles. The number of carbonyl (C=O) groups is 2. The van der Waals surface area contributed by atoms with Crippen molar-refractivity contribution in [3.05, 3.63) is 120 Å². The van der Waals surface area contributed by atoms with E-state index < -0.39 is 0 Å². The molecule has 0 radical (unpaired) electrons. The number of ether oxygens (including phenoxy) is 2. The van der Waals surface area contributed by atoms with Crippen molar-refractivity contribution in [3.63, 3.8) is 0 Å². The molecule has 0 fully saturated rings. The maximum Gasteiger partial charge on any atom is 0.262 e. The summed E-state index contributed by atoms with van der Waals surface area (Å²) in [6.07, 6.45) is 0.801. The number of nitrogens with one attached hydrogen (secondary N) is 3. The molecule has 0 saturated heterocycles. The maximum absolute atomic E-state index is 12.6. The molecular weight excluding hydrogens is 498 g/mol. The molecule has 38 heavy (non-hydrogen) atoms. The number of benzene rings is 4. The number of amides is 2. The summed E-state index contributed by atoms with van der Waals surface area (Å²) in [5, 5.41) is 8.53. The van der Waals surface area contributed by atoms with Gasteiger partial charge in [-0.15, -0.1) is 0 Å². The van der Waals surface area contributed by atoms with Crippen molar-refractivity contribution in [3.8, 4) is 11.5 Å². The Morgan fingerprint density at radius 1 is 0.684 bits per heavy atom. The first-order chi connectivity index (χ1) is 18.5. The van der Waals surface area contributed by atoms with Crippen LogP contribution >= 0.6 is 12.2 Å². The molecule has 0 aliphatic carbocycles. The first kappa shape index (κ1) is 26.4. The summed E-state index contributed by atoms with van der Waals surface area (Å²) < 4.78 is 11.2. The Bertz CT molecular complexity index is 1360. The summed E-state index contributed by atoms with van der Waals surface area (Å²) >= 11 is 5.29. The van der Waals surface area contributed by atoms with Crippen molar-refractivity contribution < 1.29 is 19.1 Å². The molecule has 0 saturated carbocycles. The fraction of sp³-hybridized carbons (Fsp3) is 0.100. The number of hydrogen-bond donors (Lipinski definition) is 3. The van der Waals surface area contributed by atoms with E-state index >= 15 is 0 Å². The number of thiocarbonyl (C=S) groups is 1. The molecule has 192 valence electrons. The zero-order valence-electron chi connectivity index (χ0n) is 20.6. The highest BCUT2D eigenvalue weighted by Gasteiger charge is 2.10. The van der Waals surface area contributed by atoms with Crippen LogP contribution in [0.4, 0.5) is 11.4 Å². The second-order valence-electron chi connectivity index (χ2n) is 8.25. The lowest BCUT2D eigenvalue weighted by molar-refractivity contribution is -0.118. The van der Waals surface area contributed by atoms with Gasteiger partial charge in [0.05, 0.1) is 6.61 Å². The van der Waals surface area contributed by atoms with Crippen LogP contribution in [-0.2, 0) is 11.2 Å². The van der Waals surface area contributed by atoms with Gasteiger partial charge in [0.1, 0.15) is 11.5 Å². The second kappa shape index (κ2) is 13.6. The zero-order chi connectivity index (χ0) is 26.6. The molecular formula is C30H27N3O4S. The van der Waals surface area contributed by atoms with Gasteiger partial charge in [-0.1, -0.05) is 54.6 Å². The topological polar surface area (TPSA) is 88.7 Å². The van der Waals surface area contributed by atoms with Crippen molar-refractivity contribution in [1.29, 1.82) is 0 Å². The molecule has 8 heteroatoms. The lowest BCUT2D eigenvalue weighted by atomic mass is 10.2. The molecule has 0 atom stereocenters. The minimum atomic E-state index is -0.346. The monoisotopic (exact) mass is 525 g/mol. The smallest absolute Gasteiger partial charge is 0.262 e. The van der Waals surface area contributed by atoms with Crippen LogP contribution in [0.3, 0.4) is 0 Å². The van der Waals surface area contributed by atoms with Crippen molar-refractivity contribution in [2.75, 3.05) is 23.8 Å². The number of anilines is 2. The molecule has 0 unspecified atom stereocenters. The van der Waals surface area contributed by atoms with Crippen LogP contribution in [0, 0.1) is 0 Å². The van der Waals surface area contributed by atoms with Gasteiger partial charge in [-0.2, -0.15) is 0 Å². The van der Waals surface area contributed by atoms with E-state index in [4.69, 9.17) is 21.7 Å². The van der Waals surface area contributed by atoms with Gasteiger partial charge in [-0.3, -0.25) is 14.9 Å². The van der Waals surface area contributed by atoms with E-state index in [9.17, 15) is 9.59 Å². The Labute approximate surface area is 226 Å². The van der Waals surface area contributed by atoms with Gasteiger partial charge in [-0.05, 0) is 72.4 Å². The molecule has 0 spiro atoms. The van der Waals surface area contributed by atoms with Gasteiger partial charge in [0.2, 0.25) is 0 Å². The van der Waals surface area contributed by atoms with E-state index in [1.54, 1.807) is 60.7 Å². The minimum Gasteiger partial charge on any atom is -0.493 e. The SMILES string of the molecule is O=C(COc1ccccc1)Nc1cccc(NC(=S)NC(=O)c2ccc(OCCc3ccccc3)cc2)c1. The molecule has 0 aliphatic heterocycles. The zero-order valence-corrected chi connectivity index (χ0v) is 21.4. The third-order valence-electron chi connectivity index (χ3n) is 5.36. The molecule has 7 nitrogen and oxygen atoms in total. The fourth-order valence-corrected chi connectivity index (χ4v) is 3.72. The summed E-state index contributed by atoms with van der Waals surface area (Å²) in [7, 11) is 0. The summed E-state index contributed by atoms with van der Waals surface area (Å²) in [4.78, 5) is 24.8. The summed E-state index contributed by atoms with van der Waals surface area (Å²) in [5.74, 6) is 0.658. The van der Waals surface area contributed by atoms with Crippen molar-refractivity contribution in [2.45, 2.75) is 6.42 Å². The lowest BCUT2D eigenvalue weighted by Gasteiger charge is -2.12. The van der Waals surface area contributed by atoms with E-state index in [1.165, 1.54) is 5.56 Å². The molecule has 0 aliphatic rings. The predicted molar refractivity (Wildman–Crippen MR) is 153 cm³/mol. The first-order valence-electron chi connectivity index (χ1n) is 12.0. The van der Waals surface area contributed by atoms with E-state index in [2.05, 4.69) is 28.1 Å². The maximum atomic E-state index is 12.6. The number of carbonyl (C=O) groups excluding carboxylic acids is 2. The third-order valence-corrected chi connectivity index (χ3v) is 5.57. The molecule has 4 aromatic carbocycles. The van der Waals surface area contributed by atoms with Gasteiger partial charge in [0, 0.05) is 23.4 Å². The standard InChI is InChI=1S/C30H27N3O4S/c34-28(21-37-26-12-5-2-6-13-26)31-24-10-7-11-25(20-24)32-30(38)33-29(35)23-14-16-27(17-15-23)36-19-18-22-8-3-1-4-9-22/h1-17,20H,18-19,21H2,(H,31,34)(H2,32,33,35,38). The van der Waals surface area contributed by atoms with E-state index in [0.717, 1.165) is 6.42 Å². The van der Waals surface area contributed by atoms with Crippen LogP contribution in [0.5, 0.6) is 11.5 Å². The third kappa shape index (κ3) is 8.46. The Morgan fingerprint density at radius 2 is 1.32 bits per heavy atom. The molecule has 0 aromatic heterocycles. The van der Waals surface area contributed by atoms with Crippen molar-refractivity contribution in [1.82, 2.24) is 5.32 Å². The molecule has 4 aromatic rings. The molecule has 0 bridgehead atoms. The van der Waals surface area contributed by atoms with E-state index in [-0.39, 0.29) is 23.5 Å². The summed E-state index contributed by atoms with van der Waals surface area (Å²) in [5.41, 5.74) is 2.83.